The van der Waals surface area contributed by atoms with E-state index < -0.39 is 17.8 Å². The molecule has 9 nitrogen and oxygen atoms in total. The van der Waals surface area contributed by atoms with E-state index in [-0.39, 0.29) is 36.4 Å². The first-order valence-electron chi connectivity index (χ1n) is 14.1. The summed E-state index contributed by atoms with van der Waals surface area (Å²) in [5, 5.41) is 3.62. The van der Waals surface area contributed by atoms with E-state index in [1.165, 1.54) is 24.8 Å². The zero-order valence-corrected chi connectivity index (χ0v) is 23.0. The van der Waals surface area contributed by atoms with Crippen molar-refractivity contribution >= 4 is 29.1 Å². The number of likely N-dealkylation sites (N-methyl/N-ethyl adjacent to an activating group) is 1. The van der Waals surface area contributed by atoms with E-state index in [2.05, 4.69) is 39.0 Å². The number of pyridine rings is 1. The van der Waals surface area contributed by atoms with Gasteiger partial charge in [0, 0.05) is 61.4 Å². The molecule has 2 fully saturated rings. The lowest BCUT2D eigenvalue weighted by Crippen LogP contribution is -2.44. The molecular formula is C30H35FN6O3. The van der Waals surface area contributed by atoms with Crippen LogP contribution < -0.4 is 5.32 Å². The van der Waals surface area contributed by atoms with E-state index in [9.17, 15) is 14.4 Å². The summed E-state index contributed by atoms with van der Waals surface area (Å²) >= 11 is 0. The van der Waals surface area contributed by atoms with Crippen LogP contribution in [0.5, 0.6) is 0 Å². The molecule has 0 bridgehead atoms. The summed E-state index contributed by atoms with van der Waals surface area (Å²) in [6.45, 7) is 4.76. The van der Waals surface area contributed by atoms with E-state index in [1.807, 2.05) is 6.07 Å². The van der Waals surface area contributed by atoms with Gasteiger partial charge < -0.3 is 24.5 Å². The Hall–Kier alpha value is -3.63. The summed E-state index contributed by atoms with van der Waals surface area (Å²) in [5.74, 6) is -1.09. The van der Waals surface area contributed by atoms with Crippen molar-refractivity contribution in [2.45, 2.75) is 50.9 Å². The molecule has 2 aromatic heterocycles. The Kier molecular flexibility index (Phi) is 7.14. The molecule has 2 saturated heterocycles. The maximum Gasteiger partial charge on any atom is 0.255 e. The molecule has 3 aliphatic heterocycles. The smallest absolute Gasteiger partial charge is 0.255 e. The van der Waals surface area contributed by atoms with Crippen LogP contribution in [0.2, 0.25) is 0 Å². The number of carbonyl (C=O) groups excluding carboxylic acids is 3. The number of hydrogen-bond donors (Lipinski definition) is 1. The monoisotopic (exact) mass is 546 g/mol. The van der Waals surface area contributed by atoms with E-state index in [0.29, 0.717) is 23.6 Å². The van der Waals surface area contributed by atoms with E-state index in [4.69, 9.17) is 4.98 Å². The average Bonchev–Trinajstić information content (AvgIpc) is 3.68. The van der Waals surface area contributed by atoms with Crippen LogP contribution in [0.15, 0.2) is 30.5 Å². The lowest BCUT2D eigenvalue weighted by atomic mass is 10.0. The summed E-state index contributed by atoms with van der Waals surface area (Å²) in [7, 11) is 3.62. The van der Waals surface area contributed by atoms with Gasteiger partial charge in [-0.1, -0.05) is 0 Å². The zero-order chi connectivity index (χ0) is 28.0. The second-order valence-corrected chi connectivity index (χ2v) is 11.3. The predicted molar refractivity (Wildman–Crippen MR) is 149 cm³/mol. The van der Waals surface area contributed by atoms with E-state index >= 15 is 4.39 Å². The number of amides is 2. The van der Waals surface area contributed by atoms with Crippen molar-refractivity contribution in [3.05, 3.63) is 53.0 Å². The third kappa shape index (κ3) is 4.69. The standard InChI is InChI=1S/C30H35FN6O3/c1-32-27(39)8-5-20(18-38)37-17-25-23(30(37)40)6-7-24(28(25)31)26-13-19(14-35-10-3-4-11-35)22-9-12-36(29(22)33-26)21-15-34(2)16-21/h6-7,9,12-13,18,20-21H,3-5,8,10-11,14-17H2,1-2H3,(H,32,39). The summed E-state index contributed by atoms with van der Waals surface area (Å²) < 4.78 is 18.4. The Morgan fingerprint density at radius 3 is 2.65 bits per heavy atom. The highest BCUT2D eigenvalue weighted by atomic mass is 19.1. The maximum atomic E-state index is 16.2. The average molecular weight is 547 g/mol. The van der Waals surface area contributed by atoms with Crippen molar-refractivity contribution in [3.63, 3.8) is 0 Å². The molecule has 6 rings (SSSR count). The summed E-state index contributed by atoms with van der Waals surface area (Å²) in [5.41, 5.74) is 3.41. The van der Waals surface area contributed by atoms with Crippen LogP contribution in [0.25, 0.3) is 22.3 Å². The van der Waals surface area contributed by atoms with Gasteiger partial charge in [-0.3, -0.25) is 14.5 Å². The second-order valence-electron chi connectivity index (χ2n) is 11.3. The molecule has 2 amide bonds. The summed E-state index contributed by atoms with van der Waals surface area (Å²) in [6.07, 6.45) is 5.42. The van der Waals surface area contributed by atoms with Crippen LogP contribution in [0, 0.1) is 5.82 Å². The molecule has 5 heterocycles. The van der Waals surface area contributed by atoms with Gasteiger partial charge in [0.2, 0.25) is 5.91 Å². The van der Waals surface area contributed by atoms with Crippen LogP contribution in [0.1, 0.15) is 53.2 Å². The molecule has 3 aromatic rings. The van der Waals surface area contributed by atoms with Crippen molar-refractivity contribution in [2.75, 3.05) is 40.3 Å². The fourth-order valence-corrected chi connectivity index (χ4v) is 6.32. The molecule has 1 unspecified atom stereocenters. The van der Waals surface area contributed by atoms with Crippen LogP contribution in [0.3, 0.4) is 0 Å². The van der Waals surface area contributed by atoms with Crippen LogP contribution in [0.4, 0.5) is 4.39 Å². The Morgan fingerprint density at radius 2 is 1.95 bits per heavy atom. The number of nitrogens with zero attached hydrogens (tertiary/aromatic N) is 5. The van der Waals surface area contributed by atoms with Gasteiger partial charge in [0.05, 0.1) is 24.3 Å². The Morgan fingerprint density at radius 1 is 1.20 bits per heavy atom. The van der Waals surface area contributed by atoms with Crippen LogP contribution in [-0.4, -0.2) is 88.7 Å². The van der Waals surface area contributed by atoms with E-state index in [1.54, 1.807) is 12.1 Å². The number of nitrogens with one attached hydrogen (secondary N) is 1. The minimum absolute atomic E-state index is 0.0152. The van der Waals surface area contributed by atoms with Crippen molar-refractivity contribution in [3.8, 4) is 11.3 Å². The highest BCUT2D eigenvalue weighted by Gasteiger charge is 2.36. The Bertz CT molecular complexity index is 1470. The number of carbonyl (C=O) groups is 3. The van der Waals surface area contributed by atoms with Gasteiger partial charge in [0.1, 0.15) is 17.8 Å². The molecule has 0 aliphatic carbocycles. The first kappa shape index (κ1) is 26.6. The number of halogens is 1. The van der Waals surface area contributed by atoms with Gasteiger partial charge in [0.15, 0.2) is 0 Å². The molecule has 40 heavy (non-hydrogen) atoms. The van der Waals surface area contributed by atoms with Gasteiger partial charge in [-0.15, -0.1) is 0 Å². The normalized spacial score (nSPS) is 18.8. The Labute approximate surface area is 232 Å². The number of likely N-dealkylation sites (tertiary alicyclic amines) is 2. The largest absolute Gasteiger partial charge is 0.359 e. The lowest BCUT2D eigenvalue weighted by Gasteiger charge is -2.37. The van der Waals surface area contributed by atoms with Crippen LogP contribution >= 0.6 is 0 Å². The summed E-state index contributed by atoms with van der Waals surface area (Å²) in [6, 6.07) is 6.93. The zero-order valence-electron chi connectivity index (χ0n) is 23.0. The fourth-order valence-electron chi connectivity index (χ4n) is 6.32. The number of aromatic nitrogens is 2. The van der Waals surface area contributed by atoms with Crippen molar-refractivity contribution in [2.24, 2.45) is 0 Å². The highest BCUT2D eigenvalue weighted by Crippen LogP contribution is 2.36. The number of aldehydes is 1. The van der Waals surface area contributed by atoms with Crippen molar-refractivity contribution in [1.29, 1.82) is 0 Å². The second kappa shape index (κ2) is 10.7. The molecule has 1 N–H and O–H groups in total. The number of rotatable bonds is 9. The van der Waals surface area contributed by atoms with Gasteiger partial charge in [-0.25, -0.2) is 9.37 Å². The van der Waals surface area contributed by atoms with Gasteiger partial charge in [0.25, 0.3) is 5.91 Å². The quantitative estimate of drug-likeness (QED) is 0.415. The minimum Gasteiger partial charge on any atom is -0.359 e. The number of benzene rings is 1. The molecule has 0 spiro atoms. The molecular weight excluding hydrogens is 511 g/mol. The van der Waals surface area contributed by atoms with E-state index in [0.717, 1.165) is 49.3 Å². The molecule has 3 aliphatic rings. The predicted octanol–water partition coefficient (Wildman–Crippen LogP) is 2.97. The molecule has 0 saturated carbocycles. The SMILES string of the molecule is CNC(=O)CCC(C=O)N1Cc2c(ccc(-c3cc(CN4CCCC4)c4ccn(C5CN(C)C5)c4n3)c2F)C1=O. The number of fused-ring (bicyclic) bond motifs is 2. The molecule has 1 aromatic carbocycles. The summed E-state index contributed by atoms with van der Waals surface area (Å²) in [4.78, 5) is 47.8. The molecule has 1 atom stereocenters. The molecule has 210 valence electrons. The minimum atomic E-state index is -0.800. The fraction of sp³-hybridized carbons (Fsp3) is 0.467. The maximum absolute atomic E-state index is 16.2. The third-order valence-electron chi connectivity index (χ3n) is 8.64. The topological polar surface area (TPSA) is 90.8 Å². The van der Waals surface area contributed by atoms with Crippen molar-refractivity contribution in [1.82, 2.24) is 29.6 Å². The van der Waals surface area contributed by atoms with Gasteiger partial charge in [-0.05, 0) is 69.2 Å². The molecule has 10 heteroatoms. The lowest BCUT2D eigenvalue weighted by molar-refractivity contribution is -0.121. The number of hydrogen-bond acceptors (Lipinski definition) is 6. The first-order valence-corrected chi connectivity index (χ1v) is 14.1. The third-order valence-corrected chi connectivity index (χ3v) is 8.64. The van der Waals surface area contributed by atoms with Crippen LogP contribution in [-0.2, 0) is 22.7 Å². The molecule has 0 radical (unpaired) electrons. The Balaban J connectivity index is 1.36. The van der Waals surface area contributed by atoms with Crippen molar-refractivity contribution < 1.29 is 18.8 Å². The highest BCUT2D eigenvalue weighted by molar-refractivity contribution is 6.00. The first-order chi connectivity index (χ1) is 19.4. The van der Waals surface area contributed by atoms with Gasteiger partial charge >= 0.3 is 0 Å². The van der Waals surface area contributed by atoms with Gasteiger partial charge in [-0.2, -0.15) is 0 Å².